The van der Waals surface area contributed by atoms with E-state index in [1.165, 1.54) is 11.3 Å². The fraction of sp³-hybridized carbons (Fsp3) is 0.385. The molecular weight excluding hydrogens is 282 g/mol. The van der Waals surface area contributed by atoms with Crippen LogP contribution in [0.5, 0.6) is 0 Å². The van der Waals surface area contributed by atoms with E-state index in [2.05, 4.69) is 4.98 Å². The van der Waals surface area contributed by atoms with Gasteiger partial charge in [0.05, 0.1) is 16.0 Å². The third-order valence-corrected chi connectivity index (χ3v) is 6.10. The molecule has 0 spiro atoms. The highest BCUT2D eigenvalue weighted by Gasteiger charge is 2.19. The first-order valence-corrected chi connectivity index (χ1v) is 8.62. The Morgan fingerprint density at radius 2 is 2.11 bits per heavy atom. The van der Waals surface area contributed by atoms with E-state index in [1.54, 1.807) is 18.2 Å². The molecule has 4 nitrogen and oxygen atoms in total. The number of carbonyl (C=O) groups is 1. The lowest BCUT2D eigenvalue weighted by Gasteiger charge is -1.98. The molecule has 0 amide bonds. The Kier molecular flexibility index (Phi) is 4.31. The molecular formula is C13H15NO3S2. The molecule has 1 aromatic carbocycles. The largest absolute Gasteiger partial charge is 0.298 e. The lowest BCUT2D eigenvalue weighted by molar-refractivity contribution is 0.112. The zero-order valence-electron chi connectivity index (χ0n) is 10.6. The molecule has 1 aromatic heterocycles. The zero-order chi connectivity index (χ0) is 13.9. The molecule has 2 rings (SSSR count). The molecule has 0 aliphatic heterocycles. The molecule has 0 fully saturated rings. The van der Waals surface area contributed by atoms with Gasteiger partial charge in [0, 0.05) is 5.56 Å². The van der Waals surface area contributed by atoms with Gasteiger partial charge in [-0.25, -0.2) is 13.4 Å². The highest BCUT2D eigenvalue weighted by molar-refractivity contribution is 7.93. The van der Waals surface area contributed by atoms with Crippen LogP contribution in [0.15, 0.2) is 22.5 Å². The van der Waals surface area contributed by atoms with Crippen LogP contribution in [0, 0.1) is 0 Å². The number of hydrogen-bond donors (Lipinski definition) is 0. The van der Waals surface area contributed by atoms with Crippen LogP contribution in [0.3, 0.4) is 0 Å². The van der Waals surface area contributed by atoms with Crippen molar-refractivity contribution in [2.45, 2.75) is 30.5 Å². The van der Waals surface area contributed by atoms with Crippen molar-refractivity contribution in [3.63, 3.8) is 0 Å². The van der Waals surface area contributed by atoms with Crippen molar-refractivity contribution in [3.05, 3.63) is 23.8 Å². The highest BCUT2D eigenvalue weighted by Crippen LogP contribution is 2.27. The van der Waals surface area contributed by atoms with Crippen molar-refractivity contribution in [2.24, 2.45) is 0 Å². The summed E-state index contributed by atoms with van der Waals surface area (Å²) in [4.78, 5) is 14.8. The molecule has 0 bridgehead atoms. The van der Waals surface area contributed by atoms with Gasteiger partial charge in [-0.2, -0.15) is 0 Å². The number of aromatic nitrogens is 1. The number of hydrogen-bond acceptors (Lipinski definition) is 5. The summed E-state index contributed by atoms with van der Waals surface area (Å²) >= 11 is 1.17. The van der Waals surface area contributed by atoms with Crippen molar-refractivity contribution in [1.29, 1.82) is 0 Å². The fourth-order valence-corrected chi connectivity index (χ4v) is 4.46. The summed E-state index contributed by atoms with van der Waals surface area (Å²) < 4.78 is 25.2. The lowest BCUT2D eigenvalue weighted by atomic mass is 10.2. The molecule has 0 aliphatic rings. The van der Waals surface area contributed by atoms with Gasteiger partial charge in [0.25, 0.3) is 0 Å². The second-order valence-electron chi connectivity index (χ2n) is 4.35. The zero-order valence-corrected chi connectivity index (χ0v) is 12.3. The second kappa shape index (κ2) is 5.79. The first-order valence-electron chi connectivity index (χ1n) is 6.15. The molecule has 2 aromatic rings. The van der Waals surface area contributed by atoms with Gasteiger partial charge in [0.2, 0.25) is 14.2 Å². The van der Waals surface area contributed by atoms with Gasteiger partial charge in [-0.05, 0) is 18.6 Å². The molecule has 0 saturated heterocycles. The first kappa shape index (κ1) is 14.1. The van der Waals surface area contributed by atoms with Crippen LogP contribution in [-0.4, -0.2) is 25.4 Å². The number of benzene rings is 1. The minimum absolute atomic E-state index is 0.140. The lowest BCUT2D eigenvalue weighted by Crippen LogP contribution is -2.06. The van der Waals surface area contributed by atoms with Crippen molar-refractivity contribution in [1.82, 2.24) is 4.98 Å². The van der Waals surface area contributed by atoms with Crippen LogP contribution in [0.1, 0.15) is 36.5 Å². The van der Waals surface area contributed by atoms with Crippen LogP contribution >= 0.6 is 11.3 Å². The maximum Gasteiger partial charge on any atom is 0.210 e. The van der Waals surface area contributed by atoms with E-state index in [0.717, 1.165) is 23.8 Å². The summed E-state index contributed by atoms with van der Waals surface area (Å²) in [5.41, 5.74) is 1.08. The Morgan fingerprint density at radius 1 is 1.32 bits per heavy atom. The number of carbonyl (C=O) groups excluding carboxylic acids is 1. The Balaban J connectivity index is 2.32. The summed E-state index contributed by atoms with van der Waals surface area (Å²) in [5, 5.41) is 0. The van der Waals surface area contributed by atoms with Crippen LogP contribution in [-0.2, 0) is 9.84 Å². The van der Waals surface area contributed by atoms with E-state index in [9.17, 15) is 13.2 Å². The maximum absolute atomic E-state index is 12.1. The average molecular weight is 297 g/mol. The van der Waals surface area contributed by atoms with Gasteiger partial charge in [0.15, 0.2) is 0 Å². The number of nitrogens with zero attached hydrogens (tertiary/aromatic N) is 1. The van der Waals surface area contributed by atoms with Crippen molar-refractivity contribution < 1.29 is 13.2 Å². The third kappa shape index (κ3) is 3.19. The summed E-state index contributed by atoms with van der Waals surface area (Å²) in [5.74, 6) is 0.140. The smallest absolute Gasteiger partial charge is 0.210 e. The standard InChI is InChI=1S/C13H15NO3S2/c1-2-3-4-7-19(16,17)13-14-11-8-10(9-15)5-6-12(11)18-13/h5-6,8-9H,2-4,7H2,1H3. The van der Waals surface area contributed by atoms with Gasteiger partial charge in [-0.1, -0.05) is 25.8 Å². The Hall–Kier alpha value is -1.27. The fourth-order valence-electron chi connectivity index (χ4n) is 1.76. The topological polar surface area (TPSA) is 64.1 Å². The van der Waals surface area contributed by atoms with Crippen molar-refractivity contribution in [3.8, 4) is 0 Å². The van der Waals surface area contributed by atoms with E-state index in [1.807, 2.05) is 6.92 Å². The van der Waals surface area contributed by atoms with E-state index in [-0.39, 0.29) is 10.1 Å². The molecule has 19 heavy (non-hydrogen) atoms. The Labute approximate surface area is 116 Å². The SMILES string of the molecule is CCCCCS(=O)(=O)c1nc2cc(C=O)ccc2s1. The molecule has 0 atom stereocenters. The third-order valence-electron chi connectivity index (χ3n) is 2.81. The van der Waals surface area contributed by atoms with E-state index in [0.29, 0.717) is 17.5 Å². The number of aldehydes is 1. The molecule has 6 heteroatoms. The van der Waals surface area contributed by atoms with Gasteiger partial charge in [-0.3, -0.25) is 4.79 Å². The summed E-state index contributed by atoms with van der Waals surface area (Å²) in [6.45, 7) is 2.03. The average Bonchev–Trinajstić information content (AvgIpc) is 2.82. The predicted molar refractivity (Wildman–Crippen MR) is 76.6 cm³/mol. The van der Waals surface area contributed by atoms with Gasteiger partial charge in [-0.15, -0.1) is 11.3 Å². The molecule has 0 radical (unpaired) electrons. The van der Waals surface area contributed by atoms with Crippen LogP contribution in [0.2, 0.25) is 0 Å². The van der Waals surface area contributed by atoms with Gasteiger partial charge in [0.1, 0.15) is 6.29 Å². The van der Waals surface area contributed by atoms with Crippen molar-refractivity contribution in [2.75, 3.05) is 5.75 Å². The molecule has 102 valence electrons. The maximum atomic E-state index is 12.1. The van der Waals surface area contributed by atoms with Gasteiger partial charge < -0.3 is 0 Å². The molecule has 1 heterocycles. The van der Waals surface area contributed by atoms with Crippen LogP contribution in [0.25, 0.3) is 10.2 Å². The van der Waals surface area contributed by atoms with Crippen LogP contribution in [0.4, 0.5) is 0 Å². The van der Waals surface area contributed by atoms with E-state index >= 15 is 0 Å². The number of unbranched alkanes of at least 4 members (excludes halogenated alkanes) is 2. The Morgan fingerprint density at radius 3 is 2.79 bits per heavy atom. The first-order chi connectivity index (χ1) is 9.06. The highest BCUT2D eigenvalue weighted by atomic mass is 32.2. The molecule has 0 unspecified atom stereocenters. The molecule has 0 N–H and O–H groups in total. The molecule has 0 saturated carbocycles. The Bertz CT molecular complexity index is 689. The van der Waals surface area contributed by atoms with Gasteiger partial charge >= 0.3 is 0 Å². The summed E-state index contributed by atoms with van der Waals surface area (Å²) in [6, 6.07) is 5.02. The number of thiazole rings is 1. The normalized spacial score (nSPS) is 11.8. The minimum Gasteiger partial charge on any atom is -0.298 e. The predicted octanol–water partition coefficient (Wildman–Crippen LogP) is 3.07. The van der Waals surface area contributed by atoms with Crippen molar-refractivity contribution >= 4 is 37.7 Å². The number of sulfone groups is 1. The summed E-state index contributed by atoms with van der Waals surface area (Å²) in [7, 11) is -3.29. The molecule has 0 aliphatic carbocycles. The number of fused-ring (bicyclic) bond motifs is 1. The quantitative estimate of drug-likeness (QED) is 0.607. The van der Waals surface area contributed by atoms with E-state index < -0.39 is 9.84 Å². The number of rotatable bonds is 6. The second-order valence-corrected chi connectivity index (χ2v) is 7.66. The monoisotopic (exact) mass is 297 g/mol. The van der Waals surface area contributed by atoms with E-state index in [4.69, 9.17) is 0 Å². The minimum atomic E-state index is -3.29. The van der Waals surface area contributed by atoms with Crippen LogP contribution < -0.4 is 0 Å². The summed E-state index contributed by atoms with van der Waals surface area (Å²) in [6.07, 6.45) is 3.28.